The average Bonchev–Trinajstić information content (AvgIpc) is 2.77. The Balaban J connectivity index is 2.07. The van der Waals surface area contributed by atoms with Crippen molar-refractivity contribution in [2.45, 2.75) is 45.1 Å². The van der Waals surface area contributed by atoms with Crippen LogP contribution in [-0.2, 0) is 0 Å². The second kappa shape index (κ2) is 6.32. The Morgan fingerprint density at radius 1 is 1.53 bits per heavy atom. The van der Waals surface area contributed by atoms with Gasteiger partial charge in [0.05, 0.1) is 9.83 Å². The van der Waals surface area contributed by atoms with Crippen molar-refractivity contribution < 1.29 is 0 Å². The predicted molar refractivity (Wildman–Crippen MR) is 77.8 cm³/mol. The normalized spacial score (nSPS) is 27.0. The minimum absolute atomic E-state index is 0.334. The molecule has 17 heavy (non-hydrogen) atoms. The predicted octanol–water partition coefficient (Wildman–Crippen LogP) is 4.23. The monoisotopic (exact) mass is 316 g/mol. The van der Waals surface area contributed by atoms with Crippen molar-refractivity contribution in [3.8, 4) is 0 Å². The van der Waals surface area contributed by atoms with E-state index in [-0.39, 0.29) is 0 Å². The van der Waals surface area contributed by atoms with Gasteiger partial charge in [-0.1, -0.05) is 26.2 Å². The van der Waals surface area contributed by atoms with Gasteiger partial charge in [-0.15, -0.1) is 11.3 Å². The maximum absolute atomic E-state index is 5.77. The molecular formula is C13H21BrN2S. The number of hydrogen-bond donors (Lipinski definition) is 2. The summed E-state index contributed by atoms with van der Waals surface area (Å²) in [7, 11) is 0. The highest BCUT2D eigenvalue weighted by Gasteiger charge is 2.28. The van der Waals surface area contributed by atoms with Gasteiger partial charge in [-0.2, -0.15) is 0 Å². The highest BCUT2D eigenvalue weighted by molar-refractivity contribution is 9.11. The molecule has 3 atom stereocenters. The number of hydrogen-bond acceptors (Lipinski definition) is 3. The van der Waals surface area contributed by atoms with E-state index in [9.17, 15) is 0 Å². The molecule has 96 valence electrons. The summed E-state index contributed by atoms with van der Waals surface area (Å²) >= 11 is 5.33. The SMILES string of the molecule is CCC1CCCC(C(NN)c2ccc(Br)s2)C1. The summed E-state index contributed by atoms with van der Waals surface area (Å²) in [5, 5.41) is 0. The van der Waals surface area contributed by atoms with Crippen LogP contribution in [0.25, 0.3) is 0 Å². The lowest BCUT2D eigenvalue weighted by Gasteiger charge is -2.33. The number of nitrogens with one attached hydrogen (secondary N) is 1. The van der Waals surface area contributed by atoms with Crippen LogP contribution in [0.1, 0.15) is 49.9 Å². The fourth-order valence-corrected chi connectivity index (χ4v) is 4.53. The summed E-state index contributed by atoms with van der Waals surface area (Å²) in [4.78, 5) is 1.36. The van der Waals surface area contributed by atoms with Crippen LogP contribution in [0.3, 0.4) is 0 Å². The van der Waals surface area contributed by atoms with Crippen molar-refractivity contribution in [3.63, 3.8) is 0 Å². The second-order valence-corrected chi connectivity index (χ2v) is 7.48. The van der Waals surface area contributed by atoms with E-state index in [4.69, 9.17) is 5.84 Å². The summed E-state index contributed by atoms with van der Waals surface area (Å²) in [6.07, 6.45) is 6.69. The number of thiophene rings is 1. The summed E-state index contributed by atoms with van der Waals surface area (Å²) < 4.78 is 1.19. The van der Waals surface area contributed by atoms with Crippen molar-refractivity contribution >= 4 is 27.3 Å². The van der Waals surface area contributed by atoms with E-state index in [0.29, 0.717) is 12.0 Å². The highest BCUT2D eigenvalue weighted by Crippen LogP contribution is 2.40. The van der Waals surface area contributed by atoms with E-state index in [1.807, 2.05) is 0 Å². The van der Waals surface area contributed by atoms with Crippen LogP contribution < -0.4 is 11.3 Å². The molecule has 2 rings (SSSR count). The first-order valence-corrected chi connectivity index (χ1v) is 8.07. The Kier molecular flexibility index (Phi) is 5.03. The van der Waals surface area contributed by atoms with Crippen LogP contribution in [0.15, 0.2) is 15.9 Å². The lowest BCUT2D eigenvalue weighted by atomic mass is 9.76. The fraction of sp³-hybridized carbons (Fsp3) is 0.692. The van der Waals surface area contributed by atoms with Gasteiger partial charge >= 0.3 is 0 Å². The zero-order valence-corrected chi connectivity index (χ0v) is 12.7. The lowest BCUT2D eigenvalue weighted by Crippen LogP contribution is -2.35. The van der Waals surface area contributed by atoms with Crippen LogP contribution in [0, 0.1) is 11.8 Å². The molecule has 2 nitrogen and oxygen atoms in total. The highest BCUT2D eigenvalue weighted by atomic mass is 79.9. The van der Waals surface area contributed by atoms with Crippen LogP contribution in [-0.4, -0.2) is 0 Å². The van der Waals surface area contributed by atoms with Crippen molar-refractivity contribution in [1.82, 2.24) is 5.43 Å². The second-order valence-electron chi connectivity index (χ2n) is 4.99. The van der Waals surface area contributed by atoms with Crippen LogP contribution in [0.2, 0.25) is 0 Å². The van der Waals surface area contributed by atoms with E-state index >= 15 is 0 Å². The summed E-state index contributed by atoms with van der Waals surface area (Å²) in [5.74, 6) is 7.37. The van der Waals surface area contributed by atoms with E-state index in [1.165, 1.54) is 40.8 Å². The van der Waals surface area contributed by atoms with Gasteiger partial charge in [0.25, 0.3) is 0 Å². The molecule has 4 heteroatoms. The molecule has 0 radical (unpaired) electrons. The Morgan fingerprint density at radius 2 is 2.35 bits per heavy atom. The Labute approximate surface area is 116 Å². The molecule has 1 aliphatic rings. The maximum Gasteiger partial charge on any atom is 0.0702 e. The quantitative estimate of drug-likeness (QED) is 0.644. The summed E-state index contributed by atoms with van der Waals surface area (Å²) in [6.45, 7) is 2.31. The van der Waals surface area contributed by atoms with Gasteiger partial charge in [0, 0.05) is 4.88 Å². The van der Waals surface area contributed by atoms with E-state index in [1.54, 1.807) is 11.3 Å². The molecule has 1 aromatic heterocycles. The minimum Gasteiger partial charge on any atom is -0.271 e. The van der Waals surface area contributed by atoms with Gasteiger partial charge in [-0.05, 0) is 52.7 Å². The van der Waals surface area contributed by atoms with E-state index in [2.05, 4.69) is 40.4 Å². The third kappa shape index (κ3) is 3.31. The molecule has 0 aliphatic heterocycles. The molecule has 1 aromatic rings. The minimum atomic E-state index is 0.334. The van der Waals surface area contributed by atoms with Crippen molar-refractivity contribution in [3.05, 3.63) is 20.8 Å². The van der Waals surface area contributed by atoms with Crippen LogP contribution in [0.5, 0.6) is 0 Å². The number of hydrazine groups is 1. The molecule has 1 fully saturated rings. The van der Waals surface area contributed by atoms with Crippen LogP contribution >= 0.6 is 27.3 Å². The molecule has 1 heterocycles. The Hall–Kier alpha value is 0.1000. The molecule has 1 aliphatic carbocycles. The largest absolute Gasteiger partial charge is 0.271 e. The first-order chi connectivity index (χ1) is 8.24. The lowest BCUT2D eigenvalue weighted by molar-refractivity contribution is 0.212. The average molecular weight is 317 g/mol. The maximum atomic E-state index is 5.77. The number of halogens is 1. The van der Waals surface area contributed by atoms with Gasteiger partial charge in [0.2, 0.25) is 0 Å². The molecule has 0 bridgehead atoms. The van der Waals surface area contributed by atoms with Crippen LogP contribution in [0.4, 0.5) is 0 Å². The molecule has 0 spiro atoms. The molecule has 0 aromatic carbocycles. The first kappa shape index (κ1) is 13.5. The van der Waals surface area contributed by atoms with Crippen molar-refractivity contribution in [2.75, 3.05) is 0 Å². The standard InChI is InChI=1S/C13H21BrN2S/c1-2-9-4-3-5-10(8-9)13(16-15)11-6-7-12(14)17-11/h6-7,9-10,13,16H,2-5,8,15H2,1H3. The molecule has 3 unspecified atom stereocenters. The number of rotatable bonds is 4. The summed E-state index contributed by atoms with van der Waals surface area (Å²) in [5.41, 5.74) is 3.04. The Morgan fingerprint density at radius 3 is 2.94 bits per heavy atom. The molecule has 0 amide bonds. The van der Waals surface area contributed by atoms with E-state index in [0.717, 1.165) is 5.92 Å². The van der Waals surface area contributed by atoms with Crippen molar-refractivity contribution in [2.24, 2.45) is 17.7 Å². The fourth-order valence-electron chi connectivity index (χ4n) is 2.95. The smallest absolute Gasteiger partial charge is 0.0702 e. The Bertz CT molecular complexity index is 353. The summed E-state index contributed by atoms with van der Waals surface area (Å²) in [6, 6.07) is 4.64. The first-order valence-electron chi connectivity index (χ1n) is 6.46. The van der Waals surface area contributed by atoms with Crippen molar-refractivity contribution in [1.29, 1.82) is 0 Å². The molecule has 0 saturated heterocycles. The topological polar surface area (TPSA) is 38.0 Å². The van der Waals surface area contributed by atoms with Gasteiger partial charge in [0.15, 0.2) is 0 Å². The van der Waals surface area contributed by atoms with Gasteiger partial charge < -0.3 is 0 Å². The van der Waals surface area contributed by atoms with Gasteiger partial charge in [0.1, 0.15) is 0 Å². The van der Waals surface area contributed by atoms with Gasteiger partial charge in [-0.25, -0.2) is 0 Å². The zero-order chi connectivity index (χ0) is 12.3. The van der Waals surface area contributed by atoms with E-state index < -0.39 is 0 Å². The number of nitrogens with two attached hydrogens (primary N) is 1. The third-order valence-electron chi connectivity index (χ3n) is 3.95. The molecular weight excluding hydrogens is 296 g/mol. The molecule has 3 N–H and O–H groups in total. The zero-order valence-electron chi connectivity index (χ0n) is 10.3. The van der Waals surface area contributed by atoms with Gasteiger partial charge in [-0.3, -0.25) is 11.3 Å². The third-order valence-corrected chi connectivity index (χ3v) is 5.66. The molecule has 1 saturated carbocycles.